The molecule has 3 rings (SSSR count). The van der Waals surface area contributed by atoms with Gasteiger partial charge in [-0.05, 0) is 78.2 Å². The molecule has 0 aromatic heterocycles. The number of amides is 1. The van der Waals surface area contributed by atoms with Gasteiger partial charge in [0.25, 0.3) is 5.91 Å². The summed E-state index contributed by atoms with van der Waals surface area (Å²) in [6.07, 6.45) is 0. The highest BCUT2D eigenvalue weighted by Gasteiger charge is 2.51. The topological polar surface area (TPSA) is 73.9 Å². The molecular formula is C24H30BNO5. The van der Waals surface area contributed by atoms with E-state index in [9.17, 15) is 9.59 Å². The number of hydrogen-bond donors (Lipinski definition) is 1. The van der Waals surface area contributed by atoms with E-state index in [1.54, 1.807) is 63.2 Å². The van der Waals surface area contributed by atoms with Crippen LogP contribution in [-0.2, 0) is 14.0 Å². The average Bonchev–Trinajstić information content (AvgIpc) is 2.88. The van der Waals surface area contributed by atoms with Gasteiger partial charge in [-0.15, -0.1) is 0 Å². The predicted octanol–water partition coefficient (Wildman–Crippen LogP) is 4.19. The van der Waals surface area contributed by atoms with E-state index >= 15 is 0 Å². The van der Waals surface area contributed by atoms with E-state index in [0.29, 0.717) is 16.7 Å². The average molecular weight is 423 g/mol. The highest BCUT2D eigenvalue weighted by Crippen LogP contribution is 2.36. The molecule has 0 atom stereocenters. The van der Waals surface area contributed by atoms with Crippen molar-refractivity contribution in [1.29, 1.82) is 0 Å². The Labute approximate surface area is 184 Å². The third kappa shape index (κ3) is 5.17. The molecule has 2 aromatic carbocycles. The maximum atomic E-state index is 12.8. The second kappa shape index (κ2) is 8.13. The summed E-state index contributed by atoms with van der Waals surface area (Å²) in [5.74, 6) is -0.840. The second-order valence-corrected chi connectivity index (χ2v) is 9.72. The molecule has 1 aliphatic heterocycles. The van der Waals surface area contributed by atoms with Crippen molar-refractivity contribution in [2.24, 2.45) is 0 Å². The lowest BCUT2D eigenvalue weighted by Gasteiger charge is -2.32. The Bertz CT molecular complexity index is 963. The van der Waals surface area contributed by atoms with E-state index in [0.717, 1.165) is 0 Å². The van der Waals surface area contributed by atoms with Crippen molar-refractivity contribution >= 4 is 30.1 Å². The van der Waals surface area contributed by atoms with E-state index in [-0.39, 0.29) is 11.5 Å². The fourth-order valence-corrected chi connectivity index (χ4v) is 3.09. The van der Waals surface area contributed by atoms with Crippen LogP contribution in [0.25, 0.3) is 0 Å². The van der Waals surface area contributed by atoms with Crippen molar-refractivity contribution < 1.29 is 23.6 Å². The molecule has 7 heteroatoms. The van der Waals surface area contributed by atoms with Crippen molar-refractivity contribution in [2.45, 2.75) is 65.3 Å². The minimum absolute atomic E-state index is 0.263. The van der Waals surface area contributed by atoms with E-state index < -0.39 is 29.9 Å². The Kier molecular flexibility index (Phi) is 6.04. The normalized spacial score (nSPS) is 17.3. The molecule has 164 valence electrons. The van der Waals surface area contributed by atoms with Crippen molar-refractivity contribution in [1.82, 2.24) is 0 Å². The van der Waals surface area contributed by atoms with Crippen molar-refractivity contribution in [3.05, 3.63) is 59.7 Å². The van der Waals surface area contributed by atoms with Crippen LogP contribution in [0.2, 0.25) is 0 Å². The lowest BCUT2D eigenvalue weighted by atomic mass is 9.78. The van der Waals surface area contributed by atoms with E-state index in [1.807, 2.05) is 33.8 Å². The Morgan fingerprint density at radius 2 is 1.52 bits per heavy atom. The van der Waals surface area contributed by atoms with Crippen molar-refractivity contribution in [2.75, 3.05) is 5.32 Å². The van der Waals surface area contributed by atoms with Crippen LogP contribution >= 0.6 is 0 Å². The first-order valence-corrected chi connectivity index (χ1v) is 10.4. The SMILES string of the molecule is CC(C)(C)OC(=O)c1ccc(B2OC(C)(C)C(C)(C)O2)cc1NC(=O)c1ccccc1. The molecule has 2 aromatic rings. The van der Waals surface area contributed by atoms with Crippen LogP contribution in [0.1, 0.15) is 69.2 Å². The molecule has 6 nitrogen and oxygen atoms in total. The van der Waals surface area contributed by atoms with Gasteiger partial charge >= 0.3 is 13.1 Å². The Balaban J connectivity index is 1.97. The van der Waals surface area contributed by atoms with Crippen LogP contribution in [0.4, 0.5) is 5.69 Å². The molecule has 0 saturated carbocycles. The molecule has 0 unspecified atom stereocenters. The number of esters is 1. The zero-order valence-electron chi connectivity index (χ0n) is 19.2. The van der Waals surface area contributed by atoms with Crippen LogP contribution in [0.5, 0.6) is 0 Å². The first-order valence-electron chi connectivity index (χ1n) is 10.4. The fourth-order valence-electron chi connectivity index (χ4n) is 3.09. The van der Waals surface area contributed by atoms with Gasteiger partial charge in [0.1, 0.15) is 5.60 Å². The summed E-state index contributed by atoms with van der Waals surface area (Å²) in [5.41, 5.74) is 0.120. The third-order valence-electron chi connectivity index (χ3n) is 5.47. The highest BCUT2D eigenvalue weighted by atomic mass is 16.7. The number of carbonyl (C=O) groups excluding carboxylic acids is 2. The Hall–Kier alpha value is -2.64. The molecule has 31 heavy (non-hydrogen) atoms. The number of carbonyl (C=O) groups is 2. The quantitative estimate of drug-likeness (QED) is 0.590. The van der Waals surface area contributed by atoms with Gasteiger partial charge in [0.05, 0.1) is 22.5 Å². The summed E-state index contributed by atoms with van der Waals surface area (Å²) in [6.45, 7) is 13.3. The zero-order valence-corrected chi connectivity index (χ0v) is 19.2. The lowest BCUT2D eigenvalue weighted by molar-refractivity contribution is 0.00578. The summed E-state index contributed by atoms with van der Waals surface area (Å²) in [7, 11) is -0.620. The maximum absolute atomic E-state index is 12.8. The molecule has 0 aliphatic carbocycles. The standard InChI is InChI=1S/C24H30BNO5/c1-22(2,3)29-21(28)18-14-13-17(25-30-23(4,5)24(6,7)31-25)15-19(18)26-20(27)16-11-9-8-10-12-16/h8-15H,1-7H3,(H,26,27). The van der Waals surface area contributed by atoms with Crippen LogP contribution in [0.3, 0.4) is 0 Å². The number of ether oxygens (including phenoxy) is 1. The Morgan fingerprint density at radius 3 is 2.06 bits per heavy atom. The van der Waals surface area contributed by atoms with Gasteiger partial charge < -0.3 is 19.4 Å². The molecule has 1 amide bonds. The fraction of sp³-hybridized carbons (Fsp3) is 0.417. The lowest BCUT2D eigenvalue weighted by Crippen LogP contribution is -2.41. The summed E-state index contributed by atoms with van der Waals surface area (Å²) in [6, 6.07) is 13.9. The van der Waals surface area contributed by atoms with Crippen LogP contribution in [0.15, 0.2) is 48.5 Å². The molecule has 1 N–H and O–H groups in total. The number of rotatable bonds is 4. The smallest absolute Gasteiger partial charge is 0.456 e. The van der Waals surface area contributed by atoms with E-state index in [1.165, 1.54) is 0 Å². The van der Waals surface area contributed by atoms with E-state index in [4.69, 9.17) is 14.0 Å². The third-order valence-corrected chi connectivity index (χ3v) is 5.47. The summed E-state index contributed by atoms with van der Waals surface area (Å²) in [5, 5.41) is 2.85. The van der Waals surface area contributed by atoms with Crippen molar-refractivity contribution in [3.63, 3.8) is 0 Å². The Morgan fingerprint density at radius 1 is 0.935 bits per heavy atom. The first kappa shape index (κ1) is 23.0. The first-order chi connectivity index (χ1) is 14.3. The van der Waals surface area contributed by atoms with Gasteiger partial charge in [0, 0.05) is 5.56 Å². The molecular weight excluding hydrogens is 393 g/mol. The summed E-state index contributed by atoms with van der Waals surface area (Å²) < 4.78 is 17.8. The molecule has 1 saturated heterocycles. The highest BCUT2D eigenvalue weighted by molar-refractivity contribution is 6.62. The van der Waals surface area contributed by atoms with Crippen LogP contribution in [0, 0.1) is 0 Å². The van der Waals surface area contributed by atoms with Gasteiger partial charge in [-0.3, -0.25) is 4.79 Å². The van der Waals surface area contributed by atoms with Crippen molar-refractivity contribution in [3.8, 4) is 0 Å². The maximum Gasteiger partial charge on any atom is 0.494 e. The summed E-state index contributed by atoms with van der Waals surface area (Å²) >= 11 is 0. The van der Waals surface area contributed by atoms with Crippen LogP contribution < -0.4 is 10.8 Å². The zero-order chi connectivity index (χ0) is 23.0. The van der Waals surface area contributed by atoms with Gasteiger partial charge in [0.15, 0.2) is 0 Å². The van der Waals surface area contributed by atoms with E-state index in [2.05, 4.69) is 5.32 Å². The number of nitrogens with one attached hydrogen (secondary N) is 1. The van der Waals surface area contributed by atoms with Gasteiger partial charge in [-0.1, -0.05) is 24.3 Å². The monoisotopic (exact) mass is 423 g/mol. The molecule has 0 radical (unpaired) electrons. The molecule has 1 heterocycles. The van der Waals surface area contributed by atoms with Crippen LogP contribution in [-0.4, -0.2) is 35.8 Å². The second-order valence-electron chi connectivity index (χ2n) is 9.72. The van der Waals surface area contributed by atoms with Gasteiger partial charge in [0.2, 0.25) is 0 Å². The number of hydrogen-bond acceptors (Lipinski definition) is 5. The molecule has 0 spiro atoms. The number of benzene rings is 2. The molecule has 1 aliphatic rings. The van der Waals surface area contributed by atoms with Gasteiger partial charge in [-0.2, -0.15) is 0 Å². The summed E-state index contributed by atoms with van der Waals surface area (Å²) in [4.78, 5) is 25.6. The minimum atomic E-state index is -0.664. The minimum Gasteiger partial charge on any atom is -0.456 e. The van der Waals surface area contributed by atoms with Gasteiger partial charge in [-0.25, -0.2) is 4.79 Å². The molecule has 1 fully saturated rings. The molecule has 0 bridgehead atoms. The largest absolute Gasteiger partial charge is 0.494 e. The predicted molar refractivity (Wildman–Crippen MR) is 122 cm³/mol. The number of anilines is 1.